The van der Waals surface area contributed by atoms with Gasteiger partial charge in [-0.25, -0.2) is 4.39 Å². The van der Waals surface area contributed by atoms with Gasteiger partial charge >= 0.3 is 0 Å². The van der Waals surface area contributed by atoms with E-state index in [1.807, 2.05) is 13.0 Å². The zero-order valence-electron chi connectivity index (χ0n) is 9.87. The lowest BCUT2D eigenvalue weighted by molar-refractivity contribution is 0.629. The summed E-state index contributed by atoms with van der Waals surface area (Å²) in [5.74, 6) is -0.516. The molecular weight excluding hydrogens is 253 g/mol. The number of pyridine rings is 1. The predicted molar refractivity (Wildman–Crippen MR) is 72.1 cm³/mol. The highest BCUT2D eigenvalue weighted by atomic mass is 35.5. The molecule has 0 aliphatic rings. The van der Waals surface area contributed by atoms with Crippen LogP contribution in [0.1, 0.15) is 11.1 Å². The average Bonchev–Trinajstić information content (AvgIpc) is 2.34. The highest BCUT2D eigenvalue weighted by Crippen LogP contribution is 2.26. The lowest BCUT2D eigenvalue weighted by Gasteiger charge is -2.11. The molecule has 0 bridgehead atoms. The van der Waals surface area contributed by atoms with Crippen molar-refractivity contribution in [3.63, 3.8) is 0 Å². The van der Waals surface area contributed by atoms with Gasteiger partial charge in [-0.15, -0.1) is 0 Å². The molecule has 0 amide bonds. The molecule has 0 atom stereocenters. The van der Waals surface area contributed by atoms with Gasteiger partial charge in [0.05, 0.1) is 16.4 Å². The number of nitrogen functional groups attached to an aromatic ring is 1. The minimum Gasteiger partial charge on any atom is -0.397 e. The van der Waals surface area contributed by atoms with E-state index in [-0.39, 0.29) is 5.02 Å². The van der Waals surface area contributed by atoms with Gasteiger partial charge in [-0.1, -0.05) is 11.6 Å². The summed E-state index contributed by atoms with van der Waals surface area (Å²) < 4.78 is 13.1. The second-order valence-corrected chi connectivity index (χ2v) is 4.42. The fourth-order valence-corrected chi connectivity index (χ4v) is 1.75. The number of nitrogens with one attached hydrogen (secondary N) is 1. The van der Waals surface area contributed by atoms with Crippen LogP contribution in [-0.4, -0.2) is 4.98 Å². The molecule has 0 aliphatic heterocycles. The third-order valence-electron chi connectivity index (χ3n) is 2.71. The highest BCUT2D eigenvalue weighted by Gasteiger charge is 2.06. The Labute approximate surface area is 110 Å². The molecule has 3 nitrogen and oxygen atoms in total. The maximum Gasteiger partial charge on any atom is 0.143 e. The molecule has 2 aromatic rings. The number of nitrogens with zero attached hydrogens (tertiary/aromatic N) is 1. The van der Waals surface area contributed by atoms with Crippen molar-refractivity contribution in [3.05, 3.63) is 52.6 Å². The van der Waals surface area contributed by atoms with Gasteiger partial charge in [-0.2, -0.15) is 0 Å². The Hall–Kier alpha value is -1.81. The molecule has 0 saturated carbocycles. The van der Waals surface area contributed by atoms with Crippen LogP contribution in [0.5, 0.6) is 0 Å². The molecule has 3 N–H and O–H groups in total. The maximum atomic E-state index is 13.1. The van der Waals surface area contributed by atoms with Gasteiger partial charge in [0.25, 0.3) is 0 Å². The molecule has 0 unspecified atom stereocenters. The first kappa shape index (κ1) is 12.6. The molecule has 1 aromatic heterocycles. The van der Waals surface area contributed by atoms with Gasteiger partial charge in [-0.3, -0.25) is 4.98 Å². The molecule has 1 aromatic carbocycles. The first-order valence-corrected chi connectivity index (χ1v) is 5.83. The zero-order chi connectivity index (χ0) is 13.1. The zero-order valence-corrected chi connectivity index (χ0v) is 10.6. The molecule has 94 valence electrons. The van der Waals surface area contributed by atoms with E-state index >= 15 is 0 Å². The van der Waals surface area contributed by atoms with Crippen molar-refractivity contribution in [3.8, 4) is 0 Å². The van der Waals surface area contributed by atoms with Gasteiger partial charge in [0.2, 0.25) is 0 Å². The van der Waals surface area contributed by atoms with Crippen molar-refractivity contribution >= 4 is 23.0 Å². The van der Waals surface area contributed by atoms with E-state index in [4.69, 9.17) is 17.3 Å². The molecular formula is C13H13ClFN3. The Morgan fingerprint density at radius 1 is 1.44 bits per heavy atom. The topological polar surface area (TPSA) is 50.9 Å². The predicted octanol–water partition coefficient (Wildman–Crippen LogP) is 3.38. The number of hydrogen-bond donors (Lipinski definition) is 2. The van der Waals surface area contributed by atoms with E-state index in [2.05, 4.69) is 10.3 Å². The molecule has 2 rings (SSSR count). The van der Waals surface area contributed by atoms with E-state index < -0.39 is 5.82 Å². The summed E-state index contributed by atoms with van der Waals surface area (Å²) in [5, 5.41) is 3.17. The van der Waals surface area contributed by atoms with Crippen molar-refractivity contribution in [2.75, 3.05) is 11.1 Å². The molecule has 0 fully saturated rings. The largest absolute Gasteiger partial charge is 0.397 e. The van der Waals surface area contributed by atoms with Crippen LogP contribution in [0.15, 0.2) is 30.6 Å². The SMILES string of the molecule is Cc1ccncc1CNc1cc(Cl)c(F)cc1N. The normalized spacial score (nSPS) is 10.4. The number of nitrogens with two attached hydrogens (primary N) is 1. The van der Waals surface area contributed by atoms with Crippen molar-refractivity contribution in [1.29, 1.82) is 0 Å². The van der Waals surface area contributed by atoms with E-state index in [0.29, 0.717) is 17.9 Å². The summed E-state index contributed by atoms with van der Waals surface area (Å²) in [7, 11) is 0. The summed E-state index contributed by atoms with van der Waals surface area (Å²) in [6.45, 7) is 2.56. The molecule has 0 spiro atoms. The van der Waals surface area contributed by atoms with Crippen LogP contribution in [0.25, 0.3) is 0 Å². The van der Waals surface area contributed by atoms with Gasteiger partial charge < -0.3 is 11.1 Å². The van der Waals surface area contributed by atoms with Crippen LogP contribution < -0.4 is 11.1 Å². The number of aromatic nitrogens is 1. The number of anilines is 2. The second-order valence-electron chi connectivity index (χ2n) is 4.01. The number of benzene rings is 1. The summed E-state index contributed by atoms with van der Waals surface area (Å²) in [6, 6.07) is 4.62. The fraction of sp³-hybridized carbons (Fsp3) is 0.154. The van der Waals surface area contributed by atoms with Crippen LogP contribution in [0, 0.1) is 12.7 Å². The summed E-state index contributed by atoms with van der Waals surface area (Å²) in [5.41, 5.74) is 8.85. The van der Waals surface area contributed by atoms with Crippen molar-refractivity contribution in [2.45, 2.75) is 13.5 Å². The molecule has 5 heteroatoms. The number of hydrogen-bond acceptors (Lipinski definition) is 3. The van der Waals surface area contributed by atoms with Crippen LogP contribution in [0.4, 0.5) is 15.8 Å². The summed E-state index contributed by atoms with van der Waals surface area (Å²) in [6.07, 6.45) is 3.52. The van der Waals surface area contributed by atoms with Crippen LogP contribution >= 0.6 is 11.6 Å². The third kappa shape index (κ3) is 2.71. The Morgan fingerprint density at radius 2 is 2.22 bits per heavy atom. The Morgan fingerprint density at radius 3 is 2.94 bits per heavy atom. The average molecular weight is 266 g/mol. The van der Waals surface area contributed by atoms with E-state index in [0.717, 1.165) is 11.1 Å². The minimum absolute atomic E-state index is 0.0506. The molecule has 18 heavy (non-hydrogen) atoms. The van der Waals surface area contributed by atoms with Crippen LogP contribution in [-0.2, 0) is 6.54 Å². The fourth-order valence-electron chi connectivity index (χ4n) is 1.59. The van der Waals surface area contributed by atoms with Gasteiger partial charge in [-0.05, 0) is 30.2 Å². The standard InChI is InChI=1S/C13H13ClFN3/c1-8-2-3-17-6-9(8)7-18-13-4-10(14)11(15)5-12(13)16/h2-6,18H,7,16H2,1H3. The highest BCUT2D eigenvalue weighted by molar-refractivity contribution is 6.31. The smallest absolute Gasteiger partial charge is 0.143 e. The lowest BCUT2D eigenvalue weighted by atomic mass is 10.1. The Bertz CT molecular complexity index is 572. The molecule has 0 saturated heterocycles. The Balaban J connectivity index is 2.16. The monoisotopic (exact) mass is 265 g/mol. The second kappa shape index (κ2) is 5.23. The molecule has 1 heterocycles. The Kier molecular flexibility index (Phi) is 3.67. The first-order chi connectivity index (χ1) is 8.58. The van der Waals surface area contributed by atoms with Crippen molar-refractivity contribution in [2.24, 2.45) is 0 Å². The lowest BCUT2D eigenvalue weighted by Crippen LogP contribution is -2.04. The first-order valence-electron chi connectivity index (χ1n) is 5.46. The summed E-state index contributed by atoms with van der Waals surface area (Å²) in [4.78, 5) is 4.05. The quantitative estimate of drug-likeness (QED) is 0.837. The van der Waals surface area contributed by atoms with Crippen LogP contribution in [0.2, 0.25) is 5.02 Å². The molecule has 0 aliphatic carbocycles. The summed E-state index contributed by atoms with van der Waals surface area (Å²) >= 11 is 5.72. The van der Waals surface area contributed by atoms with E-state index in [1.165, 1.54) is 12.1 Å². The van der Waals surface area contributed by atoms with Gasteiger partial charge in [0.15, 0.2) is 0 Å². The third-order valence-corrected chi connectivity index (χ3v) is 3.00. The number of halogens is 2. The van der Waals surface area contributed by atoms with Gasteiger partial charge in [0, 0.05) is 25.0 Å². The maximum absolute atomic E-state index is 13.1. The van der Waals surface area contributed by atoms with Gasteiger partial charge in [0.1, 0.15) is 5.82 Å². The molecule has 0 radical (unpaired) electrons. The van der Waals surface area contributed by atoms with Crippen molar-refractivity contribution < 1.29 is 4.39 Å². The minimum atomic E-state index is -0.516. The van der Waals surface area contributed by atoms with Crippen LogP contribution in [0.3, 0.4) is 0 Å². The number of rotatable bonds is 3. The van der Waals surface area contributed by atoms with E-state index in [9.17, 15) is 4.39 Å². The van der Waals surface area contributed by atoms with E-state index in [1.54, 1.807) is 12.4 Å². The number of aryl methyl sites for hydroxylation is 1. The van der Waals surface area contributed by atoms with Crippen molar-refractivity contribution in [1.82, 2.24) is 4.98 Å².